The highest BCUT2D eigenvalue weighted by atomic mass is 19.4. The molecule has 0 unspecified atom stereocenters. The molecule has 8 heteroatoms. The van der Waals surface area contributed by atoms with Crippen LogP contribution in [0.3, 0.4) is 0 Å². The Morgan fingerprint density at radius 1 is 1.08 bits per heavy atom. The van der Waals surface area contributed by atoms with Gasteiger partial charge in [0.05, 0.1) is 24.6 Å². The van der Waals surface area contributed by atoms with Crippen LogP contribution in [0.4, 0.5) is 24.8 Å². The zero-order valence-electron chi connectivity index (χ0n) is 13.1. The Balaban J connectivity index is 1.87. The minimum Gasteiger partial charge on any atom is -0.495 e. The predicted octanol–water partition coefficient (Wildman–Crippen LogP) is 4.31. The number of ether oxygens (including phenoxy) is 1. The van der Waals surface area contributed by atoms with Crippen LogP contribution in [-0.4, -0.2) is 22.1 Å². The molecule has 0 spiro atoms. The molecule has 0 amide bonds. The van der Waals surface area contributed by atoms with E-state index in [4.69, 9.17) is 4.74 Å². The van der Waals surface area contributed by atoms with Crippen LogP contribution >= 0.6 is 0 Å². The summed E-state index contributed by atoms with van der Waals surface area (Å²) in [4.78, 5) is 12.4. The van der Waals surface area contributed by atoms with Gasteiger partial charge >= 0.3 is 6.18 Å². The first-order chi connectivity index (χ1) is 12.0. The van der Waals surface area contributed by atoms with Gasteiger partial charge in [-0.2, -0.15) is 13.2 Å². The minimum absolute atomic E-state index is 0.180. The normalized spacial score (nSPS) is 11.2. The van der Waals surface area contributed by atoms with Gasteiger partial charge in [-0.05, 0) is 30.3 Å². The minimum atomic E-state index is -4.41. The van der Waals surface area contributed by atoms with Crippen LogP contribution in [0.2, 0.25) is 0 Å². The molecular weight excluding hydrogens is 333 g/mol. The zero-order valence-corrected chi connectivity index (χ0v) is 13.1. The molecule has 1 aromatic carbocycles. The molecule has 3 aromatic rings. The SMILES string of the molecule is COc1cncc(-c2ccnc(Nc3cccc(C(F)(F)F)c3)n2)c1. The number of alkyl halides is 3. The molecule has 0 saturated heterocycles. The van der Waals surface area contributed by atoms with Gasteiger partial charge in [0, 0.05) is 23.6 Å². The number of aromatic nitrogens is 3. The van der Waals surface area contributed by atoms with Crippen LogP contribution in [0.5, 0.6) is 5.75 Å². The first-order valence-electron chi connectivity index (χ1n) is 7.22. The zero-order chi connectivity index (χ0) is 17.9. The number of rotatable bonds is 4. The van der Waals surface area contributed by atoms with E-state index < -0.39 is 11.7 Å². The third-order valence-electron chi connectivity index (χ3n) is 3.35. The van der Waals surface area contributed by atoms with Crippen LogP contribution in [0.15, 0.2) is 55.0 Å². The van der Waals surface area contributed by atoms with Crippen LogP contribution < -0.4 is 10.1 Å². The summed E-state index contributed by atoms with van der Waals surface area (Å²) in [7, 11) is 1.53. The third-order valence-corrected chi connectivity index (χ3v) is 3.35. The van der Waals surface area contributed by atoms with Gasteiger partial charge in [0.1, 0.15) is 5.75 Å². The quantitative estimate of drug-likeness (QED) is 0.763. The van der Waals surface area contributed by atoms with Crippen LogP contribution in [0.25, 0.3) is 11.3 Å². The summed E-state index contributed by atoms with van der Waals surface area (Å²) < 4.78 is 43.5. The van der Waals surface area contributed by atoms with Crippen molar-refractivity contribution in [1.82, 2.24) is 15.0 Å². The van der Waals surface area contributed by atoms with E-state index >= 15 is 0 Å². The number of anilines is 2. The van der Waals surface area contributed by atoms with Crippen molar-refractivity contribution in [1.29, 1.82) is 0 Å². The van der Waals surface area contributed by atoms with Crippen LogP contribution in [0.1, 0.15) is 5.56 Å². The second kappa shape index (κ2) is 6.76. The average Bonchev–Trinajstić information content (AvgIpc) is 2.61. The number of hydrogen-bond donors (Lipinski definition) is 1. The van der Waals surface area contributed by atoms with Crippen LogP contribution in [0, 0.1) is 0 Å². The molecule has 2 aromatic heterocycles. The Kier molecular flexibility index (Phi) is 4.51. The highest BCUT2D eigenvalue weighted by molar-refractivity contribution is 5.62. The second-order valence-corrected chi connectivity index (χ2v) is 5.08. The highest BCUT2D eigenvalue weighted by Gasteiger charge is 2.30. The van der Waals surface area contributed by atoms with E-state index in [2.05, 4.69) is 20.3 Å². The van der Waals surface area contributed by atoms with Crippen molar-refractivity contribution in [2.45, 2.75) is 6.18 Å². The van der Waals surface area contributed by atoms with Gasteiger partial charge in [-0.3, -0.25) is 4.98 Å². The topological polar surface area (TPSA) is 59.9 Å². The molecular formula is C17H13F3N4O. The number of nitrogens with zero attached hydrogens (tertiary/aromatic N) is 3. The van der Waals surface area contributed by atoms with E-state index in [0.29, 0.717) is 17.0 Å². The molecule has 0 aliphatic rings. The molecule has 5 nitrogen and oxygen atoms in total. The lowest BCUT2D eigenvalue weighted by atomic mass is 10.2. The molecule has 3 rings (SSSR count). The molecule has 128 valence electrons. The smallest absolute Gasteiger partial charge is 0.416 e. The Hall–Kier alpha value is -3.16. The summed E-state index contributed by atoms with van der Waals surface area (Å²) in [5.74, 6) is 0.753. The summed E-state index contributed by atoms with van der Waals surface area (Å²) in [5, 5.41) is 2.78. The molecule has 25 heavy (non-hydrogen) atoms. The van der Waals surface area contributed by atoms with Crippen LogP contribution in [-0.2, 0) is 6.18 Å². The summed E-state index contributed by atoms with van der Waals surface area (Å²) in [6.07, 6.45) is 0.274. The molecule has 0 aliphatic carbocycles. The first kappa shape index (κ1) is 16.7. The Bertz CT molecular complexity index is 884. The highest BCUT2D eigenvalue weighted by Crippen LogP contribution is 2.31. The van der Waals surface area contributed by atoms with Crippen molar-refractivity contribution >= 4 is 11.6 Å². The van der Waals surface area contributed by atoms with E-state index in [9.17, 15) is 13.2 Å². The lowest BCUT2D eigenvalue weighted by Gasteiger charge is -2.10. The second-order valence-electron chi connectivity index (χ2n) is 5.08. The van der Waals surface area contributed by atoms with Gasteiger partial charge in [-0.1, -0.05) is 6.07 Å². The average molecular weight is 346 g/mol. The maximum absolute atomic E-state index is 12.8. The van der Waals surface area contributed by atoms with Gasteiger partial charge in [-0.15, -0.1) is 0 Å². The maximum Gasteiger partial charge on any atom is 0.416 e. The number of nitrogens with one attached hydrogen (secondary N) is 1. The van der Waals surface area contributed by atoms with Gasteiger partial charge in [0.2, 0.25) is 5.95 Å². The predicted molar refractivity (Wildman–Crippen MR) is 86.5 cm³/mol. The number of methoxy groups -OCH3 is 1. The van der Waals surface area contributed by atoms with Gasteiger partial charge in [-0.25, -0.2) is 9.97 Å². The monoisotopic (exact) mass is 346 g/mol. The van der Waals surface area contributed by atoms with E-state index in [1.165, 1.54) is 25.4 Å². The first-order valence-corrected chi connectivity index (χ1v) is 7.22. The Labute approximate surface area is 141 Å². The summed E-state index contributed by atoms with van der Waals surface area (Å²) >= 11 is 0. The fraction of sp³-hybridized carbons (Fsp3) is 0.118. The van der Waals surface area contributed by atoms with E-state index in [1.807, 2.05) is 0 Å². The van der Waals surface area contributed by atoms with E-state index in [1.54, 1.807) is 24.5 Å². The molecule has 0 saturated carbocycles. The van der Waals surface area contributed by atoms with Crippen molar-refractivity contribution < 1.29 is 17.9 Å². The molecule has 0 bridgehead atoms. The Morgan fingerprint density at radius 2 is 1.92 bits per heavy atom. The standard InChI is InChI=1S/C17H13F3N4O/c1-25-14-7-11(9-21-10-14)15-5-6-22-16(24-15)23-13-4-2-3-12(8-13)17(18,19)20/h2-10H,1H3,(H,22,23,24). The molecule has 0 fully saturated rings. The lowest BCUT2D eigenvalue weighted by Crippen LogP contribution is -2.05. The number of halogens is 3. The van der Waals surface area contributed by atoms with Crippen molar-refractivity contribution in [2.75, 3.05) is 12.4 Å². The molecule has 2 heterocycles. The van der Waals surface area contributed by atoms with Gasteiger partial charge in [0.15, 0.2) is 0 Å². The summed E-state index contributed by atoms with van der Waals surface area (Å²) in [6.45, 7) is 0. The lowest BCUT2D eigenvalue weighted by molar-refractivity contribution is -0.137. The van der Waals surface area contributed by atoms with E-state index in [-0.39, 0.29) is 11.6 Å². The number of benzene rings is 1. The fourth-order valence-electron chi connectivity index (χ4n) is 2.15. The van der Waals surface area contributed by atoms with Crippen molar-refractivity contribution in [2.24, 2.45) is 0 Å². The number of hydrogen-bond acceptors (Lipinski definition) is 5. The van der Waals surface area contributed by atoms with E-state index in [0.717, 1.165) is 12.1 Å². The Morgan fingerprint density at radius 3 is 2.68 bits per heavy atom. The summed E-state index contributed by atoms with van der Waals surface area (Å²) in [6, 6.07) is 8.27. The third kappa shape index (κ3) is 4.03. The van der Waals surface area contributed by atoms with Crippen molar-refractivity contribution in [3.63, 3.8) is 0 Å². The van der Waals surface area contributed by atoms with Crippen molar-refractivity contribution in [3.8, 4) is 17.0 Å². The largest absolute Gasteiger partial charge is 0.495 e. The maximum atomic E-state index is 12.8. The molecule has 0 atom stereocenters. The summed E-state index contributed by atoms with van der Waals surface area (Å²) in [5.41, 5.74) is 0.770. The molecule has 1 N–H and O–H groups in total. The molecule has 0 radical (unpaired) electrons. The molecule has 0 aliphatic heterocycles. The van der Waals surface area contributed by atoms with Crippen molar-refractivity contribution in [3.05, 3.63) is 60.6 Å². The van der Waals surface area contributed by atoms with Gasteiger partial charge < -0.3 is 10.1 Å². The van der Waals surface area contributed by atoms with Gasteiger partial charge in [0.25, 0.3) is 0 Å². The fourth-order valence-corrected chi connectivity index (χ4v) is 2.15. The number of pyridine rings is 1.